The first-order valence-electron chi connectivity index (χ1n) is 6.70. The minimum Gasteiger partial charge on any atom is -0.477 e. The van der Waals surface area contributed by atoms with Crippen molar-refractivity contribution in [3.63, 3.8) is 0 Å². The molecule has 8 nitrogen and oxygen atoms in total. The van der Waals surface area contributed by atoms with Gasteiger partial charge in [0, 0.05) is 12.6 Å². The number of carboxylic acid groups (broad SMARTS) is 1. The molecule has 2 rings (SSSR count). The van der Waals surface area contributed by atoms with Gasteiger partial charge in [0.1, 0.15) is 17.6 Å². The third-order valence-corrected chi connectivity index (χ3v) is 3.53. The van der Waals surface area contributed by atoms with Crippen molar-refractivity contribution in [3.05, 3.63) is 27.9 Å². The molecule has 0 spiro atoms. The van der Waals surface area contributed by atoms with E-state index in [-0.39, 0.29) is 17.7 Å². The zero-order valence-electron chi connectivity index (χ0n) is 11.9. The lowest BCUT2D eigenvalue weighted by Gasteiger charge is -2.39. The van der Waals surface area contributed by atoms with Crippen LogP contribution in [0.15, 0.2) is 12.3 Å². The molecule has 21 heavy (non-hydrogen) atoms. The number of hydrogen-bond donors (Lipinski definition) is 1. The zero-order chi connectivity index (χ0) is 15.6. The molecule has 1 aliphatic rings. The van der Waals surface area contributed by atoms with Gasteiger partial charge in [0.15, 0.2) is 0 Å². The van der Waals surface area contributed by atoms with Crippen molar-refractivity contribution >= 4 is 17.5 Å². The van der Waals surface area contributed by atoms with E-state index in [4.69, 9.17) is 9.84 Å². The average molecular weight is 295 g/mol. The van der Waals surface area contributed by atoms with Gasteiger partial charge in [0.25, 0.3) is 0 Å². The van der Waals surface area contributed by atoms with Gasteiger partial charge in [0.2, 0.25) is 0 Å². The van der Waals surface area contributed by atoms with E-state index in [9.17, 15) is 14.9 Å². The number of morpholine rings is 1. The largest absolute Gasteiger partial charge is 0.477 e. The van der Waals surface area contributed by atoms with Crippen LogP contribution in [0.5, 0.6) is 0 Å². The minimum atomic E-state index is -1.33. The summed E-state index contributed by atoms with van der Waals surface area (Å²) in [6, 6.07) is 1.35. The number of hydrogen-bond acceptors (Lipinski definition) is 6. The van der Waals surface area contributed by atoms with E-state index in [1.54, 1.807) is 0 Å². The molecule has 0 aromatic carbocycles. The van der Waals surface area contributed by atoms with E-state index >= 15 is 0 Å². The molecule has 1 N–H and O–H groups in total. The smallest absolute Gasteiger partial charge is 0.342 e. The molecule has 0 radical (unpaired) electrons. The van der Waals surface area contributed by atoms with Gasteiger partial charge in [-0.05, 0) is 13.3 Å². The highest BCUT2D eigenvalue weighted by Gasteiger charge is 2.29. The van der Waals surface area contributed by atoms with Crippen LogP contribution in [-0.2, 0) is 4.74 Å². The number of anilines is 1. The van der Waals surface area contributed by atoms with Crippen LogP contribution in [0.25, 0.3) is 0 Å². The average Bonchev–Trinajstić information content (AvgIpc) is 2.46. The standard InChI is InChI=1S/C13H17N3O5/c1-3-9-7-21-8(2)6-15(9)12-4-10(13(17)18)11(5-14-12)16(19)20/h4-5,8-9H,3,6-7H2,1-2H3,(H,17,18). The predicted octanol–water partition coefficient (Wildman–Crippen LogP) is 1.69. The maximum Gasteiger partial charge on any atom is 0.342 e. The maximum absolute atomic E-state index is 11.2. The Balaban J connectivity index is 2.41. The molecule has 0 saturated carbocycles. The summed E-state index contributed by atoms with van der Waals surface area (Å²) in [6.07, 6.45) is 1.82. The van der Waals surface area contributed by atoms with E-state index < -0.39 is 16.6 Å². The van der Waals surface area contributed by atoms with E-state index in [1.807, 2.05) is 18.7 Å². The number of pyridine rings is 1. The van der Waals surface area contributed by atoms with Crippen LogP contribution < -0.4 is 4.90 Å². The van der Waals surface area contributed by atoms with Gasteiger partial charge in [-0.3, -0.25) is 10.1 Å². The summed E-state index contributed by atoms with van der Waals surface area (Å²) < 4.78 is 5.58. The molecule has 1 aromatic heterocycles. The number of carbonyl (C=O) groups is 1. The first-order valence-corrected chi connectivity index (χ1v) is 6.70. The van der Waals surface area contributed by atoms with Gasteiger partial charge in [-0.15, -0.1) is 0 Å². The number of nitrogens with zero attached hydrogens (tertiary/aromatic N) is 3. The fourth-order valence-corrected chi connectivity index (χ4v) is 2.37. The number of aromatic carboxylic acids is 1. The third-order valence-electron chi connectivity index (χ3n) is 3.53. The van der Waals surface area contributed by atoms with Crippen molar-refractivity contribution in [2.24, 2.45) is 0 Å². The fourth-order valence-electron chi connectivity index (χ4n) is 2.37. The van der Waals surface area contributed by atoms with Crippen molar-refractivity contribution in [2.45, 2.75) is 32.4 Å². The Labute approximate surface area is 121 Å². The molecular weight excluding hydrogens is 278 g/mol. The number of carboxylic acids is 1. The van der Waals surface area contributed by atoms with Gasteiger partial charge >= 0.3 is 11.7 Å². The molecular formula is C13H17N3O5. The van der Waals surface area contributed by atoms with Gasteiger partial charge in [-0.1, -0.05) is 6.92 Å². The quantitative estimate of drug-likeness (QED) is 0.665. The highest BCUT2D eigenvalue weighted by atomic mass is 16.6. The van der Waals surface area contributed by atoms with Crippen LogP contribution >= 0.6 is 0 Å². The summed E-state index contributed by atoms with van der Waals surface area (Å²) in [5, 5.41) is 20.0. The molecule has 2 unspecified atom stereocenters. The Kier molecular flexibility index (Phi) is 4.37. The molecule has 1 fully saturated rings. The SMILES string of the molecule is CCC1COC(C)CN1c1cc(C(=O)O)c([N+](=O)[O-])cn1. The second-order valence-corrected chi connectivity index (χ2v) is 4.98. The summed E-state index contributed by atoms with van der Waals surface area (Å²) in [6.45, 7) is 5.02. The highest BCUT2D eigenvalue weighted by Crippen LogP contribution is 2.26. The first kappa shape index (κ1) is 15.2. The topological polar surface area (TPSA) is 106 Å². The summed E-state index contributed by atoms with van der Waals surface area (Å²) in [5.41, 5.74) is -0.848. The van der Waals surface area contributed by atoms with Crippen LogP contribution in [0.3, 0.4) is 0 Å². The molecule has 1 aliphatic heterocycles. The highest BCUT2D eigenvalue weighted by molar-refractivity contribution is 5.93. The minimum absolute atomic E-state index is 0.00179. The Morgan fingerprint density at radius 3 is 2.95 bits per heavy atom. The second kappa shape index (κ2) is 6.04. The van der Waals surface area contributed by atoms with Crippen LogP contribution in [0, 0.1) is 10.1 Å². The Morgan fingerprint density at radius 1 is 1.67 bits per heavy atom. The van der Waals surface area contributed by atoms with E-state index in [2.05, 4.69) is 4.98 Å². The number of rotatable bonds is 4. The Hall–Kier alpha value is -2.22. The number of nitro groups is 1. The maximum atomic E-state index is 11.2. The van der Waals surface area contributed by atoms with E-state index in [0.717, 1.165) is 12.6 Å². The van der Waals surface area contributed by atoms with Crippen molar-refractivity contribution in [2.75, 3.05) is 18.1 Å². The zero-order valence-corrected chi connectivity index (χ0v) is 11.9. The lowest BCUT2D eigenvalue weighted by atomic mass is 10.1. The van der Waals surface area contributed by atoms with Crippen LogP contribution in [0.2, 0.25) is 0 Å². The summed E-state index contributed by atoms with van der Waals surface area (Å²) >= 11 is 0. The lowest BCUT2D eigenvalue weighted by Crippen LogP contribution is -2.49. The lowest BCUT2D eigenvalue weighted by molar-refractivity contribution is -0.385. The van der Waals surface area contributed by atoms with E-state index in [0.29, 0.717) is 19.0 Å². The molecule has 8 heteroatoms. The monoisotopic (exact) mass is 295 g/mol. The van der Waals surface area contributed by atoms with Gasteiger partial charge in [0.05, 0.1) is 23.7 Å². The molecule has 0 aliphatic carbocycles. The van der Waals surface area contributed by atoms with Gasteiger partial charge in [-0.2, -0.15) is 0 Å². The normalized spacial score (nSPS) is 22.1. The Morgan fingerprint density at radius 2 is 2.38 bits per heavy atom. The molecule has 0 bridgehead atoms. The second-order valence-electron chi connectivity index (χ2n) is 4.98. The van der Waals surface area contributed by atoms with Gasteiger partial charge < -0.3 is 14.7 Å². The van der Waals surface area contributed by atoms with Gasteiger partial charge in [-0.25, -0.2) is 9.78 Å². The third kappa shape index (κ3) is 3.10. The summed E-state index contributed by atoms with van der Waals surface area (Å²) in [7, 11) is 0. The van der Waals surface area contributed by atoms with Crippen LogP contribution in [-0.4, -0.2) is 46.3 Å². The summed E-state index contributed by atoms with van der Waals surface area (Å²) in [4.78, 5) is 27.3. The number of aromatic nitrogens is 1. The fraction of sp³-hybridized carbons (Fsp3) is 0.538. The molecule has 2 heterocycles. The van der Waals surface area contributed by atoms with Crippen molar-refractivity contribution in [3.8, 4) is 0 Å². The van der Waals surface area contributed by atoms with Crippen molar-refractivity contribution in [1.82, 2.24) is 4.98 Å². The molecule has 1 saturated heterocycles. The Bertz CT molecular complexity index is 563. The molecule has 0 amide bonds. The van der Waals surface area contributed by atoms with Crippen LogP contribution in [0.4, 0.5) is 11.5 Å². The molecule has 2 atom stereocenters. The van der Waals surface area contributed by atoms with Crippen LogP contribution in [0.1, 0.15) is 30.6 Å². The number of ether oxygens (including phenoxy) is 1. The van der Waals surface area contributed by atoms with Crippen molar-refractivity contribution < 1.29 is 19.6 Å². The molecule has 1 aromatic rings. The van der Waals surface area contributed by atoms with Crippen molar-refractivity contribution in [1.29, 1.82) is 0 Å². The predicted molar refractivity (Wildman–Crippen MR) is 74.7 cm³/mol. The first-order chi connectivity index (χ1) is 9.93. The molecule has 114 valence electrons. The van der Waals surface area contributed by atoms with E-state index in [1.165, 1.54) is 6.07 Å². The summed E-state index contributed by atoms with van der Waals surface area (Å²) in [5.74, 6) is -0.903.